The number of rotatable bonds is 33. The molecular formula is C50H71N15O9S2. The number of nitrogens with one attached hydrogen (secondary N) is 10. The highest BCUT2D eigenvalue weighted by Gasteiger charge is 2.34. The average Bonchev–Trinajstić information content (AvgIpc) is 4.07. The molecule has 4 aromatic rings. The van der Waals surface area contributed by atoms with E-state index < -0.39 is 95.5 Å². The molecule has 0 spiro atoms. The van der Waals surface area contributed by atoms with Gasteiger partial charge in [0.05, 0.1) is 6.33 Å². The second-order valence-electron chi connectivity index (χ2n) is 18.0. The van der Waals surface area contributed by atoms with Gasteiger partial charge < -0.3 is 69.7 Å². The van der Waals surface area contributed by atoms with Crippen molar-refractivity contribution in [1.82, 2.24) is 57.5 Å². The fourth-order valence-electron chi connectivity index (χ4n) is 7.92. The lowest BCUT2D eigenvalue weighted by Crippen LogP contribution is -2.60. The summed E-state index contributed by atoms with van der Waals surface area (Å²) < 4.78 is 0. The van der Waals surface area contributed by atoms with Gasteiger partial charge in [-0.25, -0.2) is 4.98 Å². The summed E-state index contributed by atoms with van der Waals surface area (Å²) in [5.74, 6) is -6.37. The number of aromatic amines is 2. The van der Waals surface area contributed by atoms with E-state index in [9.17, 15) is 43.2 Å². The van der Waals surface area contributed by atoms with Gasteiger partial charge in [-0.15, -0.1) is 0 Å². The van der Waals surface area contributed by atoms with E-state index in [1.54, 1.807) is 36.5 Å². The number of hydrogen-bond acceptors (Lipinski definition) is 13. The normalized spacial score (nSPS) is 13.7. The van der Waals surface area contributed by atoms with Crippen LogP contribution in [0.3, 0.4) is 0 Å². The molecule has 0 aliphatic carbocycles. The van der Waals surface area contributed by atoms with Crippen molar-refractivity contribution in [1.29, 1.82) is 0 Å². The summed E-state index contributed by atoms with van der Waals surface area (Å²) in [4.78, 5) is 135. The maximum absolute atomic E-state index is 14.7. The first-order valence-electron chi connectivity index (χ1n) is 24.9. The van der Waals surface area contributed by atoms with Gasteiger partial charge in [-0.3, -0.25) is 48.1 Å². The number of para-hydroxylation sites is 1. The molecule has 0 aliphatic rings. The fraction of sp³-hybridized carbons (Fsp3) is 0.460. The Kier molecular flexibility index (Phi) is 25.6. The van der Waals surface area contributed by atoms with Crippen molar-refractivity contribution >= 4 is 95.3 Å². The third kappa shape index (κ3) is 20.6. The number of guanidine groups is 1. The summed E-state index contributed by atoms with van der Waals surface area (Å²) in [5, 5.41) is 22.4. The first-order valence-corrected chi connectivity index (χ1v) is 26.2. The molecule has 24 nitrogen and oxygen atoms in total. The summed E-state index contributed by atoms with van der Waals surface area (Å²) in [6, 6.07) is 7.71. The van der Waals surface area contributed by atoms with Crippen LogP contribution < -0.4 is 59.7 Å². The largest absolute Gasteiger partial charge is 0.370 e. The first-order chi connectivity index (χ1) is 36.4. The van der Waals surface area contributed by atoms with Gasteiger partial charge >= 0.3 is 0 Å². The monoisotopic (exact) mass is 1090 g/mol. The summed E-state index contributed by atoms with van der Waals surface area (Å²) in [7, 11) is 0. The van der Waals surface area contributed by atoms with Crippen molar-refractivity contribution in [2.75, 3.05) is 24.6 Å². The lowest BCUT2D eigenvalue weighted by Gasteiger charge is -2.27. The molecule has 4 rings (SSSR count). The molecule has 0 saturated carbocycles. The number of carbonyl (C=O) groups is 9. The van der Waals surface area contributed by atoms with Crippen molar-refractivity contribution < 1.29 is 43.2 Å². The Morgan fingerprint density at radius 1 is 0.618 bits per heavy atom. The summed E-state index contributed by atoms with van der Waals surface area (Å²) in [5.41, 5.74) is 19.0. The van der Waals surface area contributed by atoms with Crippen molar-refractivity contribution in [2.45, 2.75) is 120 Å². The minimum atomic E-state index is -1.37. The van der Waals surface area contributed by atoms with Crippen molar-refractivity contribution in [3.63, 3.8) is 0 Å². The molecule has 2 heterocycles. The molecule has 2 aromatic heterocycles. The molecule has 76 heavy (non-hydrogen) atoms. The van der Waals surface area contributed by atoms with Crippen LogP contribution in [0.25, 0.3) is 10.9 Å². The average molecular weight is 1090 g/mol. The minimum Gasteiger partial charge on any atom is -0.370 e. The Bertz CT molecular complexity index is 2600. The van der Waals surface area contributed by atoms with E-state index in [2.05, 4.69) is 87.7 Å². The molecule has 0 fully saturated rings. The number of aromatic nitrogens is 3. The second kappa shape index (κ2) is 32.0. The molecular weight excluding hydrogens is 1020 g/mol. The fourth-order valence-corrected chi connectivity index (χ4v) is 8.45. The van der Waals surface area contributed by atoms with Crippen molar-refractivity contribution in [3.8, 4) is 0 Å². The number of hydrogen-bond donors (Lipinski definition) is 15. The Balaban J connectivity index is 1.61. The Morgan fingerprint density at radius 3 is 1.79 bits per heavy atom. The highest BCUT2D eigenvalue weighted by Crippen LogP contribution is 2.20. The molecule has 0 unspecified atom stereocenters. The Labute approximate surface area is 451 Å². The molecule has 412 valence electrons. The number of carbonyl (C=O) groups excluding carboxylic acids is 9. The molecule has 0 saturated heterocycles. The number of H-pyrrole nitrogens is 2. The zero-order valence-electron chi connectivity index (χ0n) is 42.6. The molecule has 9 amide bonds. The zero-order chi connectivity index (χ0) is 55.6. The van der Waals surface area contributed by atoms with Crippen LogP contribution in [0.5, 0.6) is 0 Å². The number of amides is 9. The van der Waals surface area contributed by atoms with Crippen LogP contribution in [0.15, 0.2) is 78.3 Å². The number of nitrogens with two attached hydrogens (primary N) is 3. The maximum atomic E-state index is 14.7. The smallest absolute Gasteiger partial charge is 0.244 e. The van der Waals surface area contributed by atoms with Gasteiger partial charge in [0, 0.05) is 86.2 Å². The van der Waals surface area contributed by atoms with Gasteiger partial charge in [-0.2, -0.15) is 25.3 Å². The number of benzene rings is 2. The van der Waals surface area contributed by atoms with E-state index in [0.29, 0.717) is 29.7 Å². The minimum absolute atomic E-state index is 0.00159. The summed E-state index contributed by atoms with van der Waals surface area (Å²) >= 11 is 8.35. The SMILES string of the molecule is CCCC[C@H](NC(C)=O)C(=O)N[C@@H](CS)C(=O)N[C@@H](Cc1cnc[nH]1)C(=O)N[C@H](Cc1ccccc1)C(=O)N[C@@H](CCCN=C(N)N)C(=O)N[C@H](Cc1c[nH]c2ccccc12)C(=O)NCCCC(=O)N[C@@H](CS)C(N)=O. The van der Waals surface area contributed by atoms with Crippen LogP contribution in [0.1, 0.15) is 75.6 Å². The van der Waals surface area contributed by atoms with Crippen molar-refractivity contribution in [3.05, 3.63) is 90.1 Å². The third-order valence-corrected chi connectivity index (χ3v) is 12.7. The number of fused-ring (bicyclic) bond motifs is 1. The van der Waals surface area contributed by atoms with Crippen LogP contribution >= 0.6 is 25.3 Å². The van der Waals surface area contributed by atoms with E-state index >= 15 is 0 Å². The highest BCUT2D eigenvalue weighted by molar-refractivity contribution is 7.80. The molecule has 0 aliphatic heterocycles. The van der Waals surface area contributed by atoms with Crippen LogP contribution in [-0.2, 0) is 62.4 Å². The van der Waals surface area contributed by atoms with E-state index in [1.807, 2.05) is 31.2 Å². The number of nitrogens with zero attached hydrogens (tertiary/aromatic N) is 2. The van der Waals surface area contributed by atoms with Gasteiger partial charge in [0.2, 0.25) is 53.2 Å². The number of thiol groups is 2. The predicted octanol–water partition coefficient (Wildman–Crippen LogP) is -1.18. The van der Waals surface area contributed by atoms with Gasteiger partial charge in [-0.05, 0) is 42.9 Å². The number of primary amides is 1. The van der Waals surface area contributed by atoms with Gasteiger partial charge in [0.25, 0.3) is 0 Å². The van der Waals surface area contributed by atoms with E-state index in [4.69, 9.17) is 17.2 Å². The van der Waals surface area contributed by atoms with Gasteiger partial charge in [0.1, 0.15) is 42.3 Å². The van der Waals surface area contributed by atoms with E-state index in [0.717, 1.165) is 17.3 Å². The molecule has 7 atom stereocenters. The van der Waals surface area contributed by atoms with E-state index in [-0.39, 0.29) is 75.5 Å². The standard InChI is InChI=1S/C50H71N15O9S2/c1-3-4-15-35(59-29(2)66)45(70)65-41(27-76)49(74)64-39(23-32-25-54-28-58-32)48(73)62-37(21-30-12-6-5-7-13-30)47(72)61-36(17-10-20-56-50(52)53)46(71)63-38(22-31-24-57-34-16-9-8-14-33(31)34)44(69)55-19-11-18-42(67)60-40(26-75)43(51)68/h5-9,12-14,16,24-25,28,35-41,57,75-76H,3-4,10-11,15,17-23,26-27H2,1-2H3,(H2,51,68)(H,54,58)(H,55,69)(H,59,66)(H,60,67)(H,61,72)(H,62,73)(H,63,71)(H,64,74)(H,65,70)(H4,52,53,56)/t35-,36-,37+,38+,39-,40-,41-/m0/s1. The maximum Gasteiger partial charge on any atom is 0.244 e. The highest BCUT2D eigenvalue weighted by atomic mass is 32.1. The molecule has 26 heteroatoms. The van der Waals surface area contributed by atoms with E-state index in [1.165, 1.54) is 19.4 Å². The summed E-state index contributed by atoms with van der Waals surface area (Å²) in [6.07, 6.45) is 6.29. The first kappa shape index (κ1) is 60.9. The van der Waals surface area contributed by atoms with Crippen molar-refractivity contribution in [2.24, 2.45) is 22.2 Å². The van der Waals surface area contributed by atoms with Crippen LogP contribution in [0, 0.1) is 0 Å². The van der Waals surface area contributed by atoms with Crippen LogP contribution in [0.4, 0.5) is 0 Å². The Morgan fingerprint density at radius 2 is 1.18 bits per heavy atom. The lowest BCUT2D eigenvalue weighted by atomic mass is 10.0. The third-order valence-electron chi connectivity index (χ3n) is 11.9. The molecule has 0 bridgehead atoms. The predicted molar refractivity (Wildman–Crippen MR) is 292 cm³/mol. The van der Waals surface area contributed by atoms with Crippen LogP contribution in [-0.4, -0.2) is 141 Å². The summed E-state index contributed by atoms with van der Waals surface area (Å²) in [6.45, 7) is 3.29. The number of unbranched alkanes of at least 4 members (excludes halogenated alkanes) is 1. The van der Waals surface area contributed by atoms with Crippen LogP contribution in [0.2, 0.25) is 0 Å². The number of aliphatic imine (C=N–C) groups is 1. The van der Waals surface area contributed by atoms with Gasteiger partial charge in [0.15, 0.2) is 5.96 Å². The van der Waals surface area contributed by atoms with Gasteiger partial charge in [-0.1, -0.05) is 68.3 Å². The second-order valence-corrected chi connectivity index (χ2v) is 18.7. The Hall–Kier alpha value is -7.61. The lowest BCUT2D eigenvalue weighted by molar-refractivity contribution is -0.135. The topological polar surface area (TPSA) is 385 Å². The quantitative estimate of drug-likeness (QED) is 0.0116. The molecule has 16 N–H and O–H groups in total. The molecule has 0 radical (unpaired) electrons. The zero-order valence-corrected chi connectivity index (χ0v) is 44.4. The number of imidazole rings is 1. The molecule has 2 aromatic carbocycles.